The number of aromatic nitrogens is 4. The normalized spacial score (nSPS) is 12.0. The zero-order chi connectivity index (χ0) is 23.4. The summed E-state index contributed by atoms with van der Waals surface area (Å²) in [5, 5.41) is 13.4. The molecule has 2 aromatic carbocycles. The SMILES string of the molecule is C=CCn1c(SCc2csc(-c3ccccc3C)n2)nnc1C(C)Oc1cc(C)ccc1Cl. The number of thiazole rings is 1. The number of hydrogen-bond acceptors (Lipinski definition) is 6. The van der Waals surface area contributed by atoms with Crippen LogP contribution in [0.15, 0.2) is 65.7 Å². The van der Waals surface area contributed by atoms with Crippen LogP contribution in [-0.4, -0.2) is 19.7 Å². The van der Waals surface area contributed by atoms with Gasteiger partial charge in [0.05, 0.1) is 10.7 Å². The van der Waals surface area contributed by atoms with Gasteiger partial charge in [0.1, 0.15) is 10.8 Å². The molecule has 0 radical (unpaired) electrons. The lowest BCUT2D eigenvalue weighted by Gasteiger charge is -2.17. The van der Waals surface area contributed by atoms with Crippen molar-refractivity contribution in [2.75, 3.05) is 0 Å². The molecule has 0 saturated carbocycles. The van der Waals surface area contributed by atoms with E-state index in [0.717, 1.165) is 27.2 Å². The smallest absolute Gasteiger partial charge is 0.192 e. The van der Waals surface area contributed by atoms with E-state index in [1.54, 1.807) is 23.1 Å². The van der Waals surface area contributed by atoms with E-state index in [2.05, 4.69) is 41.2 Å². The van der Waals surface area contributed by atoms with Crippen molar-refractivity contribution in [3.63, 3.8) is 0 Å². The number of allylic oxidation sites excluding steroid dienone is 1. The Hall–Kier alpha value is -2.61. The molecular formula is C25H25ClN4OS2. The molecule has 4 aromatic rings. The third kappa shape index (κ3) is 5.49. The van der Waals surface area contributed by atoms with Crippen molar-refractivity contribution >= 4 is 34.7 Å². The van der Waals surface area contributed by atoms with Crippen LogP contribution >= 0.6 is 34.7 Å². The lowest BCUT2D eigenvalue weighted by Crippen LogP contribution is -2.12. The van der Waals surface area contributed by atoms with Crippen molar-refractivity contribution in [3.05, 3.63) is 88.2 Å². The van der Waals surface area contributed by atoms with Gasteiger partial charge in [0.15, 0.2) is 17.1 Å². The molecule has 4 rings (SSSR count). The van der Waals surface area contributed by atoms with Crippen LogP contribution in [0.2, 0.25) is 5.02 Å². The van der Waals surface area contributed by atoms with Gasteiger partial charge in [-0.2, -0.15) is 0 Å². The number of rotatable bonds is 9. The number of benzene rings is 2. The summed E-state index contributed by atoms with van der Waals surface area (Å²) in [6, 6.07) is 14.0. The minimum atomic E-state index is -0.321. The highest BCUT2D eigenvalue weighted by atomic mass is 35.5. The first-order valence-electron chi connectivity index (χ1n) is 10.6. The maximum atomic E-state index is 6.31. The van der Waals surface area contributed by atoms with Crippen LogP contribution in [0.25, 0.3) is 10.6 Å². The predicted molar refractivity (Wildman–Crippen MR) is 137 cm³/mol. The lowest BCUT2D eigenvalue weighted by molar-refractivity contribution is 0.210. The van der Waals surface area contributed by atoms with Crippen molar-refractivity contribution in [3.8, 4) is 16.3 Å². The third-order valence-corrected chi connectivity index (χ3v) is 7.32. The van der Waals surface area contributed by atoms with E-state index < -0.39 is 0 Å². The van der Waals surface area contributed by atoms with Crippen LogP contribution in [0.3, 0.4) is 0 Å². The molecule has 1 atom stereocenters. The van der Waals surface area contributed by atoms with Crippen molar-refractivity contribution < 1.29 is 4.74 Å². The van der Waals surface area contributed by atoms with Crippen LogP contribution in [0.5, 0.6) is 5.75 Å². The Bertz CT molecular complexity index is 1270. The van der Waals surface area contributed by atoms with Gasteiger partial charge in [-0.25, -0.2) is 4.98 Å². The molecule has 2 heterocycles. The van der Waals surface area contributed by atoms with Crippen molar-refractivity contribution in [2.24, 2.45) is 0 Å². The minimum Gasteiger partial charge on any atom is -0.481 e. The van der Waals surface area contributed by atoms with Gasteiger partial charge in [0.25, 0.3) is 0 Å². The summed E-state index contributed by atoms with van der Waals surface area (Å²) in [5.74, 6) is 2.07. The Morgan fingerprint density at radius 2 is 2.03 bits per heavy atom. The maximum absolute atomic E-state index is 6.31. The molecule has 0 bridgehead atoms. The van der Waals surface area contributed by atoms with Crippen molar-refractivity contribution in [1.82, 2.24) is 19.7 Å². The van der Waals surface area contributed by atoms with E-state index in [1.165, 1.54) is 11.1 Å². The van der Waals surface area contributed by atoms with Gasteiger partial charge in [0.2, 0.25) is 0 Å². The number of nitrogens with zero attached hydrogens (tertiary/aromatic N) is 4. The minimum absolute atomic E-state index is 0.321. The van der Waals surface area contributed by atoms with E-state index in [4.69, 9.17) is 21.3 Å². The fourth-order valence-corrected chi connectivity index (χ4v) is 5.43. The van der Waals surface area contributed by atoms with Crippen molar-refractivity contribution in [1.29, 1.82) is 0 Å². The fourth-order valence-electron chi connectivity index (χ4n) is 3.40. The second-order valence-electron chi connectivity index (χ2n) is 7.68. The highest BCUT2D eigenvalue weighted by Crippen LogP contribution is 2.32. The summed E-state index contributed by atoms with van der Waals surface area (Å²) in [6.45, 7) is 10.5. The van der Waals surface area contributed by atoms with Gasteiger partial charge in [-0.1, -0.05) is 59.8 Å². The molecule has 0 aliphatic rings. The molecule has 170 valence electrons. The first-order chi connectivity index (χ1) is 16.0. The fraction of sp³-hybridized carbons (Fsp3) is 0.240. The molecule has 2 aromatic heterocycles. The van der Waals surface area contributed by atoms with Crippen LogP contribution in [0.4, 0.5) is 0 Å². The second-order valence-corrected chi connectivity index (χ2v) is 9.89. The van der Waals surface area contributed by atoms with Gasteiger partial charge in [-0.3, -0.25) is 4.57 Å². The Balaban J connectivity index is 1.49. The highest BCUT2D eigenvalue weighted by molar-refractivity contribution is 7.98. The standard InChI is InChI=1S/C25H25ClN4OS2/c1-5-12-30-23(18(4)31-22-13-16(2)10-11-21(22)26)28-29-25(30)33-15-19-14-32-24(27-19)20-9-7-6-8-17(20)3/h5-11,13-14,18H,1,12,15H2,2-4H3. The van der Waals surface area contributed by atoms with Gasteiger partial charge >= 0.3 is 0 Å². The van der Waals surface area contributed by atoms with E-state index >= 15 is 0 Å². The van der Waals surface area contributed by atoms with Crippen LogP contribution in [0, 0.1) is 13.8 Å². The molecule has 0 saturated heterocycles. The van der Waals surface area contributed by atoms with E-state index in [9.17, 15) is 0 Å². The molecule has 33 heavy (non-hydrogen) atoms. The number of thioether (sulfide) groups is 1. The number of hydrogen-bond donors (Lipinski definition) is 0. The molecule has 5 nitrogen and oxygen atoms in total. The molecule has 1 unspecified atom stereocenters. The summed E-state index contributed by atoms with van der Waals surface area (Å²) in [7, 11) is 0. The van der Waals surface area contributed by atoms with Crippen LogP contribution < -0.4 is 4.74 Å². The summed E-state index contributed by atoms with van der Waals surface area (Å²) in [5.41, 5.74) is 4.51. The molecule has 0 aliphatic carbocycles. The van der Waals surface area contributed by atoms with Crippen LogP contribution in [-0.2, 0) is 12.3 Å². The van der Waals surface area contributed by atoms with Crippen LogP contribution in [0.1, 0.15) is 35.7 Å². The third-order valence-electron chi connectivity index (χ3n) is 5.09. The molecular weight excluding hydrogens is 472 g/mol. The monoisotopic (exact) mass is 496 g/mol. The van der Waals surface area contributed by atoms with E-state index in [-0.39, 0.29) is 6.10 Å². The number of ether oxygens (including phenoxy) is 1. The molecule has 8 heteroatoms. The maximum Gasteiger partial charge on any atom is 0.192 e. The zero-order valence-corrected chi connectivity index (χ0v) is 21.2. The Kier molecular flexibility index (Phi) is 7.53. The summed E-state index contributed by atoms with van der Waals surface area (Å²) in [4.78, 5) is 4.83. The van der Waals surface area contributed by atoms with Gasteiger partial charge in [0, 0.05) is 23.2 Å². The molecule has 0 fully saturated rings. The number of aryl methyl sites for hydroxylation is 2. The molecule has 0 amide bonds. The van der Waals surface area contributed by atoms with Gasteiger partial charge in [-0.05, 0) is 44.0 Å². The van der Waals surface area contributed by atoms with Gasteiger partial charge in [-0.15, -0.1) is 28.1 Å². The Morgan fingerprint density at radius 1 is 1.21 bits per heavy atom. The topological polar surface area (TPSA) is 52.8 Å². The summed E-state index contributed by atoms with van der Waals surface area (Å²) < 4.78 is 8.16. The van der Waals surface area contributed by atoms with E-state index in [1.807, 2.05) is 54.8 Å². The summed E-state index contributed by atoms with van der Waals surface area (Å²) in [6.07, 6.45) is 1.51. The Morgan fingerprint density at radius 3 is 2.82 bits per heavy atom. The first kappa shape index (κ1) is 23.5. The second kappa shape index (κ2) is 10.5. The summed E-state index contributed by atoms with van der Waals surface area (Å²) >= 11 is 9.58. The largest absolute Gasteiger partial charge is 0.481 e. The Labute approximate surface area is 207 Å². The lowest BCUT2D eigenvalue weighted by atomic mass is 10.1. The van der Waals surface area contributed by atoms with E-state index in [0.29, 0.717) is 23.1 Å². The molecule has 0 N–H and O–H groups in total. The average Bonchev–Trinajstić information content (AvgIpc) is 3.42. The van der Waals surface area contributed by atoms with Crippen molar-refractivity contribution in [2.45, 2.75) is 44.3 Å². The number of halogens is 1. The molecule has 0 spiro atoms. The average molecular weight is 497 g/mol. The zero-order valence-electron chi connectivity index (χ0n) is 18.8. The molecule has 0 aliphatic heterocycles. The quantitative estimate of drug-likeness (QED) is 0.180. The highest BCUT2D eigenvalue weighted by Gasteiger charge is 2.20. The van der Waals surface area contributed by atoms with Gasteiger partial charge < -0.3 is 4.74 Å². The predicted octanol–water partition coefficient (Wildman–Crippen LogP) is 7.29. The first-order valence-corrected chi connectivity index (χ1v) is 12.8.